The molecule has 0 aliphatic carbocycles. The molecule has 0 aromatic carbocycles. The quantitative estimate of drug-likeness (QED) is 0.735. The fraction of sp³-hybridized carbons (Fsp3) is 0.909. The van der Waals surface area contributed by atoms with E-state index in [2.05, 4.69) is 5.32 Å². The Balaban J connectivity index is 4.37. The van der Waals surface area contributed by atoms with Crippen molar-refractivity contribution in [1.82, 2.24) is 5.32 Å². The van der Waals surface area contributed by atoms with E-state index in [0.717, 1.165) is 6.42 Å². The number of hydrogen-bond donors (Lipinski definition) is 2. The van der Waals surface area contributed by atoms with Crippen LogP contribution in [0.3, 0.4) is 0 Å². The van der Waals surface area contributed by atoms with Crippen molar-refractivity contribution >= 4 is 5.97 Å². The second kappa shape index (κ2) is 6.23. The molecule has 0 fully saturated rings. The van der Waals surface area contributed by atoms with Crippen LogP contribution in [0.25, 0.3) is 0 Å². The van der Waals surface area contributed by atoms with Crippen LogP contribution in [0.2, 0.25) is 0 Å². The summed E-state index contributed by atoms with van der Waals surface area (Å²) in [5.74, 6) is -1.11. The Bertz CT molecular complexity index is 256. The first-order valence-corrected chi connectivity index (χ1v) is 5.68. The largest absolute Gasteiger partial charge is 0.480 e. The van der Waals surface area contributed by atoms with E-state index in [9.17, 15) is 18.0 Å². The maximum absolute atomic E-state index is 12.0. The van der Waals surface area contributed by atoms with E-state index in [-0.39, 0.29) is 18.9 Å². The van der Waals surface area contributed by atoms with Crippen molar-refractivity contribution in [2.75, 3.05) is 0 Å². The molecule has 0 amide bonds. The molecule has 0 heterocycles. The number of aliphatic carboxylic acids is 1. The van der Waals surface area contributed by atoms with Gasteiger partial charge in [-0.2, -0.15) is 13.2 Å². The molecule has 0 saturated heterocycles. The molecule has 0 rings (SSSR count). The van der Waals surface area contributed by atoms with Crippen LogP contribution in [0, 0.1) is 0 Å². The van der Waals surface area contributed by atoms with Crippen LogP contribution in [-0.2, 0) is 4.79 Å². The van der Waals surface area contributed by atoms with Crippen molar-refractivity contribution in [2.24, 2.45) is 0 Å². The first-order valence-electron chi connectivity index (χ1n) is 5.68. The van der Waals surface area contributed by atoms with Gasteiger partial charge in [0.2, 0.25) is 0 Å². The minimum atomic E-state index is -4.23. The third kappa shape index (κ3) is 6.51. The summed E-state index contributed by atoms with van der Waals surface area (Å²) < 4.78 is 36.0. The highest BCUT2D eigenvalue weighted by Gasteiger charge is 2.35. The Kier molecular flexibility index (Phi) is 5.95. The Hall–Kier alpha value is -0.780. The van der Waals surface area contributed by atoms with Crippen LogP contribution in [0.1, 0.15) is 46.5 Å². The third-order valence-corrected chi connectivity index (χ3v) is 2.79. The SMILES string of the molecule is CCC(C)NC(C)(CCCC(F)(F)F)C(=O)O. The lowest BCUT2D eigenvalue weighted by Crippen LogP contribution is -2.53. The number of alkyl halides is 3. The lowest BCUT2D eigenvalue weighted by Gasteiger charge is -2.29. The van der Waals surface area contributed by atoms with Gasteiger partial charge in [-0.05, 0) is 33.1 Å². The summed E-state index contributed by atoms with van der Waals surface area (Å²) in [6, 6.07) is -0.0398. The molecule has 17 heavy (non-hydrogen) atoms. The van der Waals surface area contributed by atoms with Crippen LogP contribution in [-0.4, -0.2) is 28.8 Å². The molecule has 0 aliphatic rings. The van der Waals surface area contributed by atoms with Gasteiger partial charge in [0.05, 0.1) is 0 Å². The Morgan fingerprint density at radius 1 is 1.35 bits per heavy atom. The molecule has 0 aromatic rings. The highest BCUT2D eigenvalue weighted by molar-refractivity contribution is 5.78. The second-order valence-electron chi connectivity index (χ2n) is 4.56. The van der Waals surface area contributed by atoms with Crippen LogP contribution in [0.5, 0.6) is 0 Å². The Morgan fingerprint density at radius 2 is 1.88 bits per heavy atom. The number of hydrogen-bond acceptors (Lipinski definition) is 2. The molecule has 6 heteroatoms. The summed E-state index contributed by atoms with van der Waals surface area (Å²) >= 11 is 0. The van der Waals surface area contributed by atoms with Crippen LogP contribution in [0.15, 0.2) is 0 Å². The first-order chi connectivity index (χ1) is 7.60. The molecule has 2 N–H and O–H groups in total. The topological polar surface area (TPSA) is 49.3 Å². The fourth-order valence-corrected chi connectivity index (χ4v) is 1.53. The summed E-state index contributed by atoms with van der Waals surface area (Å²) in [7, 11) is 0. The van der Waals surface area contributed by atoms with E-state index >= 15 is 0 Å². The summed E-state index contributed by atoms with van der Waals surface area (Å²) in [5.41, 5.74) is -1.29. The fourth-order valence-electron chi connectivity index (χ4n) is 1.53. The molecule has 0 aliphatic heterocycles. The Labute approximate surface area is 99.4 Å². The van der Waals surface area contributed by atoms with Gasteiger partial charge in [-0.3, -0.25) is 10.1 Å². The number of halogens is 3. The molecule has 0 radical (unpaired) electrons. The molecule has 3 nitrogen and oxygen atoms in total. The van der Waals surface area contributed by atoms with E-state index in [1.165, 1.54) is 6.92 Å². The molecule has 0 saturated carbocycles. The zero-order chi connectivity index (χ0) is 13.7. The van der Waals surface area contributed by atoms with E-state index < -0.39 is 24.1 Å². The third-order valence-electron chi connectivity index (χ3n) is 2.79. The zero-order valence-corrected chi connectivity index (χ0v) is 10.4. The van der Waals surface area contributed by atoms with Gasteiger partial charge < -0.3 is 5.11 Å². The molecule has 2 atom stereocenters. The average Bonchev–Trinajstić information content (AvgIpc) is 2.15. The minimum Gasteiger partial charge on any atom is -0.480 e. The van der Waals surface area contributed by atoms with Gasteiger partial charge >= 0.3 is 12.1 Å². The lowest BCUT2D eigenvalue weighted by molar-refractivity contribution is -0.148. The zero-order valence-electron chi connectivity index (χ0n) is 10.4. The lowest BCUT2D eigenvalue weighted by atomic mass is 9.93. The van der Waals surface area contributed by atoms with E-state index in [1.54, 1.807) is 0 Å². The highest BCUT2D eigenvalue weighted by atomic mass is 19.4. The molecule has 0 aromatic heterocycles. The number of nitrogens with one attached hydrogen (secondary N) is 1. The summed E-state index contributed by atoms with van der Waals surface area (Å²) in [6.45, 7) is 5.12. The number of carboxylic acids is 1. The number of rotatable bonds is 7. The summed E-state index contributed by atoms with van der Waals surface area (Å²) in [6.07, 6.45) is -4.67. The predicted octanol–water partition coefficient (Wildman–Crippen LogP) is 2.95. The van der Waals surface area contributed by atoms with Crippen molar-refractivity contribution in [2.45, 2.75) is 64.2 Å². The maximum Gasteiger partial charge on any atom is 0.389 e. The molecular weight excluding hydrogens is 235 g/mol. The molecular formula is C11H20F3NO2. The van der Waals surface area contributed by atoms with Crippen LogP contribution < -0.4 is 5.32 Å². The molecule has 0 bridgehead atoms. The monoisotopic (exact) mass is 255 g/mol. The van der Waals surface area contributed by atoms with Crippen molar-refractivity contribution in [3.05, 3.63) is 0 Å². The summed E-state index contributed by atoms with van der Waals surface area (Å²) in [5, 5.41) is 11.9. The highest BCUT2D eigenvalue weighted by Crippen LogP contribution is 2.25. The number of carboxylic acid groups (broad SMARTS) is 1. The van der Waals surface area contributed by atoms with Gasteiger partial charge in [-0.1, -0.05) is 6.92 Å². The first kappa shape index (κ1) is 16.2. The summed E-state index contributed by atoms with van der Waals surface area (Å²) in [4.78, 5) is 11.1. The van der Waals surface area contributed by atoms with Gasteiger partial charge in [0.15, 0.2) is 0 Å². The number of carbonyl (C=O) groups is 1. The molecule has 0 spiro atoms. The van der Waals surface area contributed by atoms with E-state index in [4.69, 9.17) is 5.11 Å². The minimum absolute atomic E-state index is 0.0355. The van der Waals surface area contributed by atoms with Gasteiger partial charge in [0.25, 0.3) is 0 Å². The molecule has 2 unspecified atom stereocenters. The van der Waals surface area contributed by atoms with Crippen LogP contribution in [0.4, 0.5) is 13.2 Å². The average molecular weight is 255 g/mol. The maximum atomic E-state index is 12.0. The van der Waals surface area contributed by atoms with Crippen molar-refractivity contribution in [3.63, 3.8) is 0 Å². The standard InChI is InChI=1S/C11H20F3NO2/c1-4-8(2)15-10(3,9(16)17)6-5-7-11(12,13)14/h8,15H,4-7H2,1-3H3,(H,16,17). The Morgan fingerprint density at radius 3 is 2.24 bits per heavy atom. The molecule has 102 valence electrons. The van der Waals surface area contributed by atoms with Gasteiger partial charge in [0, 0.05) is 12.5 Å². The smallest absolute Gasteiger partial charge is 0.389 e. The van der Waals surface area contributed by atoms with Gasteiger partial charge in [-0.15, -0.1) is 0 Å². The second-order valence-corrected chi connectivity index (χ2v) is 4.56. The van der Waals surface area contributed by atoms with Crippen molar-refractivity contribution in [3.8, 4) is 0 Å². The van der Waals surface area contributed by atoms with Crippen molar-refractivity contribution in [1.29, 1.82) is 0 Å². The van der Waals surface area contributed by atoms with E-state index in [1.807, 2.05) is 13.8 Å². The normalized spacial score (nSPS) is 17.5. The van der Waals surface area contributed by atoms with Gasteiger partial charge in [-0.25, -0.2) is 0 Å². The van der Waals surface area contributed by atoms with Crippen molar-refractivity contribution < 1.29 is 23.1 Å². The van der Waals surface area contributed by atoms with E-state index in [0.29, 0.717) is 0 Å². The predicted molar refractivity (Wildman–Crippen MR) is 58.8 cm³/mol. The van der Waals surface area contributed by atoms with Gasteiger partial charge in [0.1, 0.15) is 5.54 Å². The van der Waals surface area contributed by atoms with Crippen LogP contribution >= 0.6 is 0 Å².